The third-order valence-electron chi connectivity index (χ3n) is 4.61. The van der Waals surface area contributed by atoms with Gasteiger partial charge in [0.2, 0.25) is 0 Å². The van der Waals surface area contributed by atoms with E-state index in [9.17, 15) is 18.8 Å². The van der Waals surface area contributed by atoms with Crippen molar-refractivity contribution in [2.45, 2.75) is 6.54 Å². The van der Waals surface area contributed by atoms with E-state index < -0.39 is 6.03 Å². The lowest BCUT2D eigenvalue weighted by atomic mass is 10.1. The molecule has 8 heteroatoms. The molecular formula is C20H21FN4O3. The van der Waals surface area contributed by atoms with Crippen LogP contribution >= 0.6 is 0 Å². The van der Waals surface area contributed by atoms with Crippen molar-refractivity contribution in [2.24, 2.45) is 5.73 Å². The number of hydrogen-bond donors (Lipinski definition) is 2. The van der Waals surface area contributed by atoms with Crippen LogP contribution in [0.5, 0.6) is 0 Å². The Morgan fingerprint density at radius 3 is 1.68 bits per heavy atom. The number of hydrogen-bond acceptors (Lipinski definition) is 3. The van der Waals surface area contributed by atoms with Crippen LogP contribution in [0, 0.1) is 5.82 Å². The molecule has 0 atom stereocenters. The van der Waals surface area contributed by atoms with Gasteiger partial charge in [-0.3, -0.25) is 9.59 Å². The van der Waals surface area contributed by atoms with E-state index in [1.807, 2.05) is 0 Å². The highest BCUT2D eigenvalue weighted by Crippen LogP contribution is 2.13. The highest BCUT2D eigenvalue weighted by atomic mass is 19.1. The first-order valence-electron chi connectivity index (χ1n) is 8.90. The van der Waals surface area contributed by atoms with Crippen LogP contribution in [-0.2, 0) is 6.54 Å². The van der Waals surface area contributed by atoms with Crippen LogP contribution in [0.2, 0.25) is 0 Å². The molecule has 1 saturated heterocycles. The van der Waals surface area contributed by atoms with Gasteiger partial charge in [0.05, 0.1) is 0 Å². The predicted octanol–water partition coefficient (Wildman–Crippen LogP) is 1.59. The lowest BCUT2D eigenvalue weighted by Crippen LogP contribution is -2.50. The molecule has 0 unspecified atom stereocenters. The lowest BCUT2D eigenvalue weighted by Gasteiger charge is -2.35. The molecule has 1 fully saturated rings. The number of nitrogens with two attached hydrogens (primary N) is 1. The molecule has 0 aromatic heterocycles. The number of piperazine rings is 1. The van der Waals surface area contributed by atoms with E-state index in [4.69, 9.17) is 5.73 Å². The molecule has 2 aromatic rings. The van der Waals surface area contributed by atoms with Crippen LogP contribution in [0.1, 0.15) is 26.3 Å². The van der Waals surface area contributed by atoms with E-state index in [2.05, 4.69) is 5.32 Å². The summed E-state index contributed by atoms with van der Waals surface area (Å²) >= 11 is 0. The number of benzene rings is 2. The first-order valence-corrected chi connectivity index (χ1v) is 8.90. The molecule has 3 rings (SSSR count). The van der Waals surface area contributed by atoms with Gasteiger partial charge in [0.25, 0.3) is 11.8 Å². The van der Waals surface area contributed by atoms with Crippen molar-refractivity contribution >= 4 is 17.8 Å². The Kier molecular flexibility index (Phi) is 5.88. The summed E-state index contributed by atoms with van der Waals surface area (Å²) in [6.45, 7) is 1.99. The molecule has 0 bridgehead atoms. The maximum absolute atomic E-state index is 13.0. The molecule has 0 saturated carbocycles. The molecule has 28 heavy (non-hydrogen) atoms. The quantitative estimate of drug-likeness (QED) is 0.838. The molecule has 1 aliphatic rings. The minimum absolute atomic E-state index is 0.108. The van der Waals surface area contributed by atoms with E-state index in [0.29, 0.717) is 43.9 Å². The number of halogens is 1. The standard InChI is InChI=1S/C20H21FN4O3/c21-17-7-5-16(6-8-17)19(27)25-11-9-24(10-12-25)18(26)15-3-1-14(2-4-15)13-23-20(22)28/h1-8H,9-13H2,(H3,22,23,28). The van der Waals surface area contributed by atoms with E-state index in [0.717, 1.165) is 5.56 Å². The molecule has 0 radical (unpaired) electrons. The van der Waals surface area contributed by atoms with E-state index >= 15 is 0 Å². The number of nitrogens with zero attached hydrogens (tertiary/aromatic N) is 2. The van der Waals surface area contributed by atoms with Crippen molar-refractivity contribution in [3.8, 4) is 0 Å². The second kappa shape index (κ2) is 8.51. The first-order chi connectivity index (χ1) is 13.4. The van der Waals surface area contributed by atoms with Crippen molar-refractivity contribution in [1.82, 2.24) is 15.1 Å². The number of urea groups is 1. The van der Waals surface area contributed by atoms with Crippen molar-refractivity contribution in [3.63, 3.8) is 0 Å². The molecule has 0 aliphatic carbocycles. The smallest absolute Gasteiger partial charge is 0.312 e. The third-order valence-corrected chi connectivity index (χ3v) is 4.61. The van der Waals surface area contributed by atoms with Crippen LogP contribution in [0.4, 0.5) is 9.18 Å². The predicted molar refractivity (Wildman–Crippen MR) is 101 cm³/mol. The molecule has 3 N–H and O–H groups in total. The Morgan fingerprint density at radius 1 is 0.821 bits per heavy atom. The topological polar surface area (TPSA) is 95.7 Å². The summed E-state index contributed by atoms with van der Waals surface area (Å²) < 4.78 is 13.0. The third kappa shape index (κ3) is 4.64. The van der Waals surface area contributed by atoms with E-state index in [1.54, 1.807) is 34.1 Å². The van der Waals surface area contributed by atoms with Gasteiger partial charge in [-0.15, -0.1) is 0 Å². The minimum Gasteiger partial charge on any atom is -0.352 e. The Hall–Kier alpha value is -3.42. The summed E-state index contributed by atoms with van der Waals surface area (Å²) in [6.07, 6.45) is 0. The maximum Gasteiger partial charge on any atom is 0.312 e. The van der Waals surface area contributed by atoms with Crippen LogP contribution in [0.25, 0.3) is 0 Å². The fraction of sp³-hybridized carbons (Fsp3) is 0.250. The molecule has 1 aliphatic heterocycles. The highest BCUT2D eigenvalue weighted by Gasteiger charge is 2.25. The largest absolute Gasteiger partial charge is 0.352 e. The molecule has 2 aromatic carbocycles. The van der Waals surface area contributed by atoms with Gasteiger partial charge in [-0.2, -0.15) is 0 Å². The van der Waals surface area contributed by atoms with Crippen molar-refractivity contribution in [3.05, 3.63) is 71.0 Å². The summed E-state index contributed by atoms with van der Waals surface area (Å²) in [5.74, 6) is -0.662. The highest BCUT2D eigenvalue weighted by molar-refractivity contribution is 5.96. The summed E-state index contributed by atoms with van der Waals surface area (Å²) in [6, 6.07) is 11.8. The lowest BCUT2D eigenvalue weighted by molar-refractivity contribution is 0.0535. The number of amides is 4. The summed E-state index contributed by atoms with van der Waals surface area (Å²) in [7, 11) is 0. The number of carbonyl (C=O) groups excluding carboxylic acids is 3. The average molecular weight is 384 g/mol. The van der Waals surface area contributed by atoms with Crippen LogP contribution < -0.4 is 11.1 Å². The van der Waals surface area contributed by atoms with Gasteiger partial charge in [0.15, 0.2) is 0 Å². The van der Waals surface area contributed by atoms with Gasteiger partial charge in [0, 0.05) is 43.9 Å². The minimum atomic E-state index is -0.604. The van der Waals surface area contributed by atoms with Crippen molar-refractivity contribution < 1.29 is 18.8 Å². The van der Waals surface area contributed by atoms with E-state index in [1.165, 1.54) is 24.3 Å². The average Bonchev–Trinajstić information content (AvgIpc) is 2.72. The van der Waals surface area contributed by atoms with E-state index in [-0.39, 0.29) is 17.6 Å². The van der Waals surface area contributed by atoms with Gasteiger partial charge < -0.3 is 20.9 Å². The number of nitrogens with one attached hydrogen (secondary N) is 1. The Balaban J connectivity index is 1.55. The summed E-state index contributed by atoms with van der Waals surface area (Å²) in [5.41, 5.74) is 6.85. The van der Waals surface area contributed by atoms with Gasteiger partial charge >= 0.3 is 6.03 Å². The van der Waals surface area contributed by atoms with Crippen LogP contribution in [0.15, 0.2) is 48.5 Å². The fourth-order valence-electron chi connectivity index (χ4n) is 3.02. The second-order valence-electron chi connectivity index (χ2n) is 6.51. The monoisotopic (exact) mass is 384 g/mol. The van der Waals surface area contributed by atoms with Gasteiger partial charge in [-0.05, 0) is 42.0 Å². The fourth-order valence-corrected chi connectivity index (χ4v) is 3.02. The van der Waals surface area contributed by atoms with Crippen molar-refractivity contribution in [2.75, 3.05) is 26.2 Å². The molecule has 146 valence electrons. The number of rotatable bonds is 4. The second-order valence-corrected chi connectivity index (χ2v) is 6.51. The van der Waals surface area contributed by atoms with Crippen LogP contribution in [0.3, 0.4) is 0 Å². The zero-order valence-electron chi connectivity index (χ0n) is 15.2. The molecular weight excluding hydrogens is 363 g/mol. The van der Waals surface area contributed by atoms with Gasteiger partial charge in [0.1, 0.15) is 5.82 Å². The zero-order valence-corrected chi connectivity index (χ0v) is 15.2. The molecule has 1 heterocycles. The maximum atomic E-state index is 13.0. The Bertz CT molecular complexity index is 860. The Labute approximate surface area is 161 Å². The summed E-state index contributed by atoms with van der Waals surface area (Å²) in [5, 5.41) is 2.49. The van der Waals surface area contributed by atoms with Gasteiger partial charge in [-0.25, -0.2) is 9.18 Å². The molecule has 7 nitrogen and oxygen atoms in total. The molecule has 0 spiro atoms. The normalized spacial score (nSPS) is 13.9. The molecule has 4 amide bonds. The Morgan fingerprint density at radius 2 is 1.25 bits per heavy atom. The number of carbonyl (C=O) groups is 3. The van der Waals surface area contributed by atoms with Crippen molar-refractivity contribution in [1.29, 1.82) is 0 Å². The summed E-state index contributed by atoms with van der Waals surface area (Å²) in [4.78, 5) is 39.2. The van der Waals surface area contributed by atoms with Crippen LogP contribution in [-0.4, -0.2) is 53.8 Å². The SMILES string of the molecule is NC(=O)NCc1ccc(C(=O)N2CCN(C(=O)c3ccc(F)cc3)CC2)cc1. The van der Waals surface area contributed by atoms with Gasteiger partial charge in [-0.1, -0.05) is 12.1 Å². The first kappa shape index (κ1) is 19.3. The number of primary amides is 1. The zero-order chi connectivity index (χ0) is 20.1.